The molecule has 0 saturated carbocycles. The third-order valence-electron chi connectivity index (χ3n) is 3.02. The van der Waals surface area contributed by atoms with E-state index >= 15 is 0 Å². The molecule has 1 heterocycles. The third kappa shape index (κ3) is 3.31. The first-order chi connectivity index (χ1) is 9.79. The van der Waals surface area contributed by atoms with Gasteiger partial charge in [0.05, 0.1) is 12.1 Å². The zero-order valence-electron chi connectivity index (χ0n) is 11.7. The van der Waals surface area contributed by atoms with Gasteiger partial charge in [0.25, 0.3) is 5.91 Å². The minimum atomic E-state index is -1.04. The molecule has 0 unspecified atom stereocenters. The molecule has 7 heteroatoms. The van der Waals surface area contributed by atoms with E-state index in [0.717, 1.165) is 0 Å². The Morgan fingerprint density at radius 3 is 2.71 bits per heavy atom. The van der Waals surface area contributed by atoms with Gasteiger partial charge in [-0.25, -0.2) is 0 Å². The summed E-state index contributed by atoms with van der Waals surface area (Å²) in [6.45, 7) is 3.28. The quantitative estimate of drug-likeness (QED) is 0.781. The van der Waals surface area contributed by atoms with Crippen LogP contribution in [0.2, 0.25) is 0 Å². The molecule has 0 spiro atoms. The van der Waals surface area contributed by atoms with Gasteiger partial charge in [-0.05, 0) is 26.0 Å². The fourth-order valence-corrected chi connectivity index (χ4v) is 1.87. The van der Waals surface area contributed by atoms with Crippen molar-refractivity contribution < 1.29 is 24.2 Å². The number of rotatable bonds is 4. The fourth-order valence-electron chi connectivity index (χ4n) is 1.87. The number of benzene rings is 1. The van der Waals surface area contributed by atoms with Crippen LogP contribution in [0.1, 0.15) is 26.7 Å². The average molecular weight is 292 g/mol. The fraction of sp³-hybridized carbons (Fsp3) is 0.357. The van der Waals surface area contributed by atoms with Crippen LogP contribution in [-0.2, 0) is 14.4 Å². The minimum Gasteiger partial charge on any atom is -0.481 e. The van der Waals surface area contributed by atoms with E-state index in [2.05, 4.69) is 10.6 Å². The Labute approximate surface area is 121 Å². The number of hydrogen-bond acceptors (Lipinski definition) is 4. The Morgan fingerprint density at radius 1 is 1.33 bits per heavy atom. The summed E-state index contributed by atoms with van der Waals surface area (Å²) in [5.74, 6) is -1.35. The molecule has 1 aromatic rings. The third-order valence-corrected chi connectivity index (χ3v) is 3.02. The van der Waals surface area contributed by atoms with Crippen LogP contribution in [0.25, 0.3) is 0 Å². The molecule has 112 valence electrons. The molecule has 3 N–H and O–H groups in total. The van der Waals surface area contributed by atoms with Crippen molar-refractivity contribution in [2.24, 2.45) is 0 Å². The Kier molecular flexibility index (Phi) is 3.84. The highest BCUT2D eigenvalue weighted by Crippen LogP contribution is 2.38. The van der Waals surface area contributed by atoms with Gasteiger partial charge in [0.2, 0.25) is 5.91 Å². The number of hydrogen-bond donors (Lipinski definition) is 3. The van der Waals surface area contributed by atoms with Crippen LogP contribution < -0.4 is 15.4 Å². The Balaban J connectivity index is 2.18. The van der Waals surface area contributed by atoms with Crippen LogP contribution >= 0.6 is 0 Å². The van der Waals surface area contributed by atoms with E-state index in [9.17, 15) is 14.4 Å². The van der Waals surface area contributed by atoms with Gasteiger partial charge in [-0.3, -0.25) is 14.4 Å². The lowest BCUT2D eigenvalue weighted by Crippen LogP contribution is -2.45. The summed E-state index contributed by atoms with van der Waals surface area (Å²) in [5, 5.41) is 13.8. The van der Waals surface area contributed by atoms with Crippen molar-refractivity contribution in [2.45, 2.75) is 32.3 Å². The van der Waals surface area contributed by atoms with E-state index < -0.39 is 17.5 Å². The molecule has 0 atom stereocenters. The molecular formula is C14H16N2O5. The molecule has 0 fully saturated rings. The van der Waals surface area contributed by atoms with E-state index in [0.29, 0.717) is 17.1 Å². The standard InChI is InChI=1S/C14H16N2O5/c1-14(2)13(20)16-12-8(4-3-5-9(12)21-14)15-10(17)6-7-11(18)19/h3-5H,6-7H2,1-2H3,(H,15,17)(H,16,20)(H,18,19). The first-order valence-corrected chi connectivity index (χ1v) is 6.45. The van der Waals surface area contributed by atoms with Crippen LogP contribution in [0.15, 0.2) is 18.2 Å². The first kappa shape index (κ1) is 14.8. The van der Waals surface area contributed by atoms with Crippen molar-refractivity contribution in [3.63, 3.8) is 0 Å². The van der Waals surface area contributed by atoms with E-state index in [1.807, 2.05) is 0 Å². The van der Waals surface area contributed by atoms with Crippen LogP contribution in [-0.4, -0.2) is 28.5 Å². The zero-order valence-corrected chi connectivity index (χ0v) is 11.7. The maximum atomic E-state index is 11.9. The number of carbonyl (C=O) groups excluding carboxylic acids is 2. The van der Waals surface area contributed by atoms with Gasteiger partial charge < -0.3 is 20.5 Å². The van der Waals surface area contributed by atoms with Crippen LogP contribution in [0.3, 0.4) is 0 Å². The molecule has 2 rings (SSSR count). The highest BCUT2D eigenvalue weighted by molar-refractivity contribution is 6.06. The van der Waals surface area contributed by atoms with Crippen molar-refractivity contribution in [1.82, 2.24) is 0 Å². The molecule has 0 aromatic heterocycles. The molecule has 0 saturated heterocycles. The maximum Gasteiger partial charge on any atom is 0.303 e. The summed E-state index contributed by atoms with van der Waals surface area (Å²) in [6.07, 6.45) is -0.393. The normalized spacial score (nSPS) is 15.4. The largest absolute Gasteiger partial charge is 0.481 e. The summed E-state index contributed by atoms with van der Waals surface area (Å²) in [4.78, 5) is 34.0. The Hall–Kier alpha value is -2.57. The predicted octanol–water partition coefficient (Wildman–Crippen LogP) is 1.60. The summed E-state index contributed by atoms with van der Waals surface area (Å²) in [7, 11) is 0. The second-order valence-corrected chi connectivity index (χ2v) is 5.19. The van der Waals surface area contributed by atoms with E-state index in [1.165, 1.54) is 0 Å². The number of carbonyl (C=O) groups is 3. The minimum absolute atomic E-state index is 0.140. The van der Waals surface area contributed by atoms with Crippen molar-refractivity contribution in [3.05, 3.63) is 18.2 Å². The first-order valence-electron chi connectivity index (χ1n) is 6.45. The van der Waals surface area contributed by atoms with Gasteiger partial charge >= 0.3 is 5.97 Å². The maximum absolute atomic E-state index is 11.9. The molecule has 7 nitrogen and oxygen atoms in total. The number of aliphatic carboxylic acids is 1. The lowest BCUT2D eigenvalue weighted by Gasteiger charge is -2.32. The van der Waals surface area contributed by atoms with Gasteiger partial charge in [0.1, 0.15) is 11.4 Å². The summed E-state index contributed by atoms with van der Waals surface area (Å²) in [5.41, 5.74) is -0.226. The monoisotopic (exact) mass is 292 g/mol. The molecular weight excluding hydrogens is 276 g/mol. The molecule has 1 aliphatic heterocycles. The molecule has 0 aliphatic carbocycles. The van der Waals surface area contributed by atoms with E-state index in [1.54, 1.807) is 32.0 Å². The van der Waals surface area contributed by atoms with Crippen LogP contribution in [0, 0.1) is 0 Å². The smallest absolute Gasteiger partial charge is 0.303 e. The second kappa shape index (κ2) is 5.43. The second-order valence-electron chi connectivity index (χ2n) is 5.19. The van der Waals surface area contributed by atoms with Gasteiger partial charge in [-0.2, -0.15) is 0 Å². The Morgan fingerprint density at radius 2 is 2.05 bits per heavy atom. The number of para-hydroxylation sites is 1. The highest BCUT2D eigenvalue weighted by atomic mass is 16.5. The number of anilines is 2. The zero-order chi connectivity index (χ0) is 15.6. The lowest BCUT2D eigenvalue weighted by molar-refractivity contribution is -0.138. The van der Waals surface area contributed by atoms with Gasteiger partial charge in [-0.1, -0.05) is 6.07 Å². The van der Waals surface area contributed by atoms with Gasteiger partial charge in [-0.15, -0.1) is 0 Å². The van der Waals surface area contributed by atoms with Crippen molar-refractivity contribution in [1.29, 1.82) is 0 Å². The molecule has 1 aliphatic rings. The number of carboxylic acid groups (broad SMARTS) is 1. The number of carboxylic acids is 1. The molecule has 21 heavy (non-hydrogen) atoms. The predicted molar refractivity (Wildman–Crippen MR) is 75.3 cm³/mol. The van der Waals surface area contributed by atoms with Crippen molar-refractivity contribution in [3.8, 4) is 5.75 Å². The molecule has 0 bridgehead atoms. The van der Waals surface area contributed by atoms with Crippen LogP contribution in [0.4, 0.5) is 11.4 Å². The van der Waals surface area contributed by atoms with Crippen molar-refractivity contribution >= 4 is 29.2 Å². The van der Waals surface area contributed by atoms with Gasteiger partial charge in [0, 0.05) is 6.42 Å². The lowest BCUT2D eigenvalue weighted by atomic mass is 10.1. The van der Waals surface area contributed by atoms with Gasteiger partial charge in [0.15, 0.2) is 5.60 Å². The number of nitrogens with one attached hydrogen (secondary N) is 2. The van der Waals surface area contributed by atoms with Crippen LogP contribution in [0.5, 0.6) is 5.75 Å². The summed E-state index contributed by atoms with van der Waals surface area (Å²) >= 11 is 0. The van der Waals surface area contributed by atoms with E-state index in [-0.39, 0.29) is 18.7 Å². The topological polar surface area (TPSA) is 105 Å². The summed E-state index contributed by atoms with van der Waals surface area (Å²) < 4.78 is 5.59. The number of fused-ring (bicyclic) bond motifs is 1. The average Bonchev–Trinajstić information content (AvgIpc) is 2.38. The SMILES string of the molecule is CC1(C)Oc2cccc(NC(=O)CCC(=O)O)c2NC1=O. The summed E-state index contributed by atoms with van der Waals surface area (Å²) in [6, 6.07) is 4.97. The number of ether oxygens (including phenoxy) is 1. The Bertz CT molecular complexity index is 609. The van der Waals surface area contributed by atoms with E-state index in [4.69, 9.17) is 9.84 Å². The molecule has 2 amide bonds. The molecule has 1 aromatic carbocycles. The molecule has 0 radical (unpaired) electrons. The van der Waals surface area contributed by atoms with Crippen molar-refractivity contribution in [2.75, 3.05) is 10.6 Å². The number of amides is 2. The highest BCUT2D eigenvalue weighted by Gasteiger charge is 2.36.